The number of azo groups is 1. The van der Waals surface area contributed by atoms with Gasteiger partial charge in [0, 0.05) is 0 Å². The Hall–Kier alpha value is -0.990. The lowest BCUT2D eigenvalue weighted by Crippen LogP contribution is -2.36. The number of carbonyl (C=O) groups excluding carboxylic acids is 1. The largest absolute Gasteiger partial charge is 0.294 e. The SMILES string of the molecule is CC1(C)N=NC2CCC=CC(=O)C21. The molecule has 0 aromatic heterocycles. The van der Waals surface area contributed by atoms with Crippen molar-refractivity contribution in [3.05, 3.63) is 12.2 Å². The van der Waals surface area contributed by atoms with Gasteiger partial charge in [-0.05, 0) is 32.8 Å². The zero-order valence-corrected chi connectivity index (χ0v) is 8.03. The molecule has 1 heterocycles. The molecule has 0 saturated heterocycles. The lowest BCUT2D eigenvalue weighted by atomic mass is 9.80. The van der Waals surface area contributed by atoms with Crippen LogP contribution in [0.2, 0.25) is 0 Å². The van der Waals surface area contributed by atoms with Crippen LogP contribution in [0.25, 0.3) is 0 Å². The van der Waals surface area contributed by atoms with Crippen LogP contribution in [-0.4, -0.2) is 17.4 Å². The maximum Gasteiger partial charge on any atom is 0.163 e. The molecule has 2 rings (SSSR count). The van der Waals surface area contributed by atoms with Crippen molar-refractivity contribution >= 4 is 5.78 Å². The molecule has 3 heteroatoms. The Morgan fingerprint density at radius 3 is 3.08 bits per heavy atom. The van der Waals surface area contributed by atoms with Crippen LogP contribution in [0.5, 0.6) is 0 Å². The van der Waals surface area contributed by atoms with Crippen molar-refractivity contribution in [3.8, 4) is 0 Å². The van der Waals surface area contributed by atoms with Crippen LogP contribution in [0, 0.1) is 5.92 Å². The van der Waals surface area contributed by atoms with Gasteiger partial charge in [-0.2, -0.15) is 10.2 Å². The highest BCUT2D eigenvalue weighted by atomic mass is 16.1. The van der Waals surface area contributed by atoms with Crippen LogP contribution in [-0.2, 0) is 4.79 Å². The topological polar surface area (TPSA) is 41.8 Å². The predicted octanol–water partition coefficient (Wildman–Crippen LogP) is 2.13. The minimum atomic E-state index is -0.295. The number of hydrogen-bond donors (Lipinski definition) is 0. The first kappa shape index (κ1) is 8.60. The van der Waals surface area contributed by atoms with Gasteiger partial charge >= 0.3 is 0 Å². The fourth-order valence-corrected chi connectivity index (χ4v) is 2.15. The Bertz CT molecular complexity index is 291. The van der Waals surface area contributed by atoms with Crippen molar-refractivity contribution in [3.63, 3.8) is 0 Å². The van der Waals surface area contributed by atoms with E-state index in [9.17, 15) is 4.79 Å². The molecule has 2 atom stereocenters. The number of ketones is 1. The highest BCUT2D eigenvalue weighted by Crippen LogP contribution is 2.37. The Morgan fingerprint density at radius 2 is 2.31 bits per heavy atom. The van der Waals surface area contributed by atoms with Crippen LogP contribution in [0.15, 0.2) is 22.4 Å². The van der Waals surface area contributed by atoms with Gasteiger partial charge in [0.1, 0.15) is 0 Å². The van der Waals surface area contributed by atoms with Gasteiger partial charge < -0.3 is 0 Å². The molecule has 2 unspecified atom stereocenters. The maximum absolute atomic E-state index is 11.7. The molecular weight excluding hydrogens is 164 g/mol. The molecule has 0 N–H and O–H groups in total. The first-order valence-corrected chi connectivity index (χ1v) is 4.74. The number of nitrogens with zero attached hydrogens (tertiary/aromatic N) is 2. The van der Waals surface area contributed by atoms with Crippen molar-refractivity contribution in [2.75, 3.05) is 0 Å². The molecule has 13 heavy (non-hydrogen) atoms. The van der Waals surface area contributed by atoms with E-state index in [2.05, 4.69) is 10.2 Å². The standard InChI is InChI=1S/C10H14N2O/c1-10(2)9-7(11-12-10)5-3-4-6-8(9)13/h4,6-7,9H,3,5H2,1-2H3. The van der Waals surface area contributed by atoms with Gasteiger partial charge in [-0.15, -0.1) is 0 Å². The first-order chi connectivity index (χ1) is 6.11. The van der Waals surface area contributed by atoms with Gasteiger partial charge in [0.2, 0.25) is 0 Å². The van der Waals surface area contributed by atoms with Crippen molar-refractivity contribution < 1.29 is 4.79 Å². The molecule has 1 aliphatic heterocycles. The van der Waals surface area contributed by atoms with E-state index in [1.165, 1.54) is 0 Å². The van der Waals surface area contributed by atoms with Gasteiger partial charge in [-0.25, -0.2) is 0 Å². The number of hydrogen-bond acceptors (Lipinski definition) is 3. The second-order valence-corrected chi connectivity index (χ2v) is 4.30. The minimum Gasteiger partial charge on any atom is -0.294 e. The Balaban J connectivity index is 2.32. The summed E-state index contributed by atoms with van der Waals surface area (Å²) in [6.07, 6.45) is 5.55. The molecule has 0 aromatic carbocycles. The molecule has 0 bridgehead atoms. The quantitative estimate of drug-likeness (QED) is 0.560. The highest BCUT2D eigenvalue weighted by Gasteiger charge is 2.45. The van der Waals surface area contributed by atoms with Gasteiger partial charge in [0.15, 0.2) is 5.78 Å². The highest BCUT2D eigenvalue weighted by molar-refractivity contribution is 5.93. The van der Waals surface area contributed by atoms with E-state index in [1.54, 1.807) is 6.08 Å². The molecular formula is C10H14N2O. The first-order valence-electron chi connectivity index (χ1n) is 4.74. The average Bonchev–Trinajstić information content (AvgIpc) is 2.26. The monoisotopic (exact) mass is 178 g/mol. The van der Waals surface area contributed by atoms with Crippen molar-refractivity contribution in [1.82, 2.24) is 0 Å². The lowest BCUT2D eigenvalue weighted by molar-refractivity contribution is -0.119. The third kappa shape index (κ3) is 1.32. The Labute approximate surface area is 77.9 Å². The van der Waals surface area contributed by atoms with E-state index in [0.717, 1.165) is 12.8 Å². The van der Waals surface area contributed by atoms with E-state index in [0.29, 0.717) is 0 Å². The molecule has 0 aromatic rings. The summed E-state index contributed by atoms with van der Waals surface area (Å²) in [6.45, 7) is 3.97. The van der Waals surface area contributed by atoms with E-state index < -0.39 is 0 Å². The summed E-state index contributed by atoms with van der Waals surface area (Å²) in [5.74, 6) is 0.170. The van der Waals surface area contributed by atoms with Crippen LogP contribution < -0.4 is 0 Å². The van der Waals surface area contributed by atoms with Gasteiger partial charge in [-0.1, -0.05) is 6.08 Å². The fourth-order valence-electron chi connectivity index (χ4n) is 2.15. The van der Waals surface area contributed by atoms with Gasteiger partial charge in [-0.3, -0.25) is 4.79 Å². The maximum atomic E-state index is 11.7. The van der Waals surface area contributed by atoms with E-state index in [1.807, 2.05) is 19.9 Å². The van der Waals surface area contributed by atoms with Gasteiger partial charge in [0.25, 0.3) is 0 Å². The van der Waals surface area contributed by atoms with E-state index >= 15 is 0 Å². The summed E-state index contributed by atoms with van der Waals surface area (Å²) >= 11 is 0. The third-order valence-electron chi connectivity index (χ3n) is 2.83. The summed E-state index contributed by atoms with van der Waals surface area (Å²) < 4.78 is 0. The molecule has 3 nitrogen and oxygen atoms in total. The smallest absolute Gasteiger partial charge is 0.163 e. The molecule has 0 radical (unpaired) electrons. The van der Waals surface area contributed by atoms with E-state index in [-0.39, 0.29) is 23.3 Å². The number of rotatable bonds is 0. The molecule has 70 valence electrons. The van der Waals surface area contributed by atoms with Crippen molar-refractivity contribution in [2.24, 2.45) is 16.1 Å². The fraction of sp³-hybridized carbons (Fsp3) is 0.700. The van der Waals surface area contributed by atoms with Crippen LogP contribution >= 0.6 is 0 Å². The Morgan fingerprint density at radius 1 is 1.54 bits per heavy atom. The van der Waals surface area contributed by atoms with Crippen molar-refractivity contribution in [2.45, 2.75) is 38.3 Å². The molecule has 0 amide bonds. The summed E-state index contributed by atoms with van der Waals surface area (Å²) in [6, 6.07) is 0.123. The summed E-state index contributed by atoms with van der Waals surface area (Å²) in [7, 11) is 0. The molecule has 2 aliphatic rings. The second kappa shape index (κ2) is 2.76. The second-order valence-electron chi connectivity index (χ2n) is 4.30. The normalized spacial score (nSPS) is 36.0. The van der Waals surface area contributed by atoms with Gasteiger partial charge in [0.05, 0.1) is 17.5 Å². The van der Waals surface area contributed by atoms with Crippen LogP contribution in [0.1, 0.15) is 26.7 Å². The Kier molecular flexibility index (Phi) is 1.82. The summed E-state index contributed by atoms with van der Waals surface area (Å²) in [5, 5.41) is 8.36. The third-order valence-corrected chi connectivity index (χ3v) is 2.83. The van der Waals surface area contributed by atoms with Crippen molar-refractivity contribution in [1.29, 1.82) is 0 Å². The zero-order chi connectivity index (χ0) is 9.47. The molecule has 0 saturated carbocycles. The lowest BCUT2D eigenvalue weighted by Gasteiger charge is -2.23. The number of allylic oxidation sites excluding steroid dienone is 2. The number of carbonyl (C=O) groups is 1. The zero-order valence-electron chi connectivity index (χ0n) is 8.03. The molecule has 1 aliphatic carbocycles. The molecule has 0 fully saturated rings. The summed E-state index contributed by atoms with van der Waals surface area (Å²) in [5.41, 5.74) is -0.295. The van der Waals surface area contributed by atoms with Crippen LogP contribution in [0.4, 0.5) is 0 Å². The minimum absolute atomic E-state index is 0.0220. The van der Waals surface area contributed by atoms with E-state index in [4.69, 9.17) is 0 Å². The average molecular weight is 178 g/mol. The summed E-state index contributed by atoms with van der Waals surface area (Å²) in [4.78, 5) is 11.7. The molecule has 0 spiro atoms. The van der Waals surface area contributed by atoms with Crippen LogP contribution in [0.3, 0.4) is 0 Å². The predicted molar refractivity (Wildman–Crippen MR) is 49.6 cm³/mol. The number of fused-ring (bicyclic) bond motifs is 1.